The van der Waals surface area contributed by atoms with E-state index in [0.717, 1.165) is 55.3 Å². The first-order chi connectivity index (χ1) is 13.7. The lowest BCUT2D eigenvalue weighted by atomic mass is 9.46. The Bertz CT molecular complexity index is 553. The van der Waals surface area contributed by atoms with E-state index in [1.807, 2.05) is 0 Å². The Morgan fingerprint density at radius 3 is 2.55 bits per heavy atom. The molecule has 3 saturated carbocycles. The Morgan fingerprint density at radius 1 is 1.10 bits per heavy atom. The Kier molecular flexibility index (Phi) is 7.56. The molecule has 0 aromatic carbocycles. The molecule has 0 bridgehead atoms. The number of hydrogen-bond donors (Lipinski definition) is 1. The summed E-state index contributed by atoms with van der Waals surface area (Å²) in [6.07, 6.45) is 16.2. The maximum Gasteiger partial charge on any atom is 0.129 e. The number of rotatable bonds is 8. The van der Waals surface area contributed by atoms with Crippen LogP contribution in [-0.2, 0) is 4.79 Å². The van der Waals surface area contributed by atoms with E-state index in [2.05, 4.69) is 27.7 Å². The summed E-state index contributed by atoms with van der Waals surface area (Å²) in [5.41, 5.74) is 0.0538. The first-order valence-corrected chi connectivity index (χ1v) is 12.9. The zero-order valence-corrected chi connectivity index (χ0v) is 20.0. The fraction of sp³-hybridized carbons (Fsp3) is 0.963. The van der Waals surface area contributed by atoms with Gasteiger partial charge in [-0.2, -0.15) is 0 Å². The molecule has 29 heavy (non-hydrogen) atoms. The van der Waals surface area contributed by atoms with E-state index in [1.165, 1.54) is 57.8 Å². The number of Topliss-reactive ketones (excluding diaryl/α,β-unsaturated/α-hetero) is 1. The van der Waals surface area contributed by atoms with Gasteiger partial charge in [-0.3, -0.25) is 0 Å². The highest BCUT2D eigenvalue weighted by Crippen LogP contribution is 2.61. The summed E-state index contributed by atoms with van der Waals surface area (Å²) in [5, 5.41) is 10.7. The van der Waals surface area contributed by atoms with Gasteiger partial charge in [0, 0.05) is 6.42 Å². The minimum Gasteiger partial charge on any atom is -0.390 e. The van der Waals surface area contributed by atoms with Crippen molar-refractivity contribution in [2.24, 2.45) is 40.9 Å². The van der Waals surface area contributed by atoms with E-state index >= 15 is 0 Å². The molecule has 3 aliphatic carbocycles. The van der Waals surface area contributed by atoms with Gasteiger partial charge in [-0.05, 0) is 113 Å². The molecule has 0 aliphatic heterocycles. The average Bonchev–Trinajstić information content (AvgIpc) is 2.67. The molecule has 3 fully saturated rings. The van der Waals surface area contributed by atoms with Crippen LogP contribution in [0.15, 0.2) is 0 Å². The van der Waals surface area contributed by atoms with Crippen molar-refractivity contribution < 1.29 is 9.90 Å². The predicted octanol–water partition coefficient (Wildman–Crippen LogP) is 7.18. The predicted molar refractivity (Wildman–Crippen MR) is 122 cm³/mol. The number of carbonyl (C=O) groups is 1. The Labute approximate surface area is 180 Å². The molecular formula is C27H48O2. The van der Waals surface area contributed by atoms with Crippen LogP contribution in [0.3, 0.4) is 0 Å². The van der Waals surface area contributed by atoms with Crippen LogP contribution >= 0.6 is 0 Å². The number of aliphatic hydroxyl groups is 1. The van der Waals surface area contributed by atoms with E-state index in [4.69, 9.17) is 0 Å². The third-order valence-electron chi connectivity index (χ3n) is 9.92. The maximum absolute atomic E-state index is 11.4. The highest BCUT2D eigenvalue weighted by molar-refractivity contribution is 5.75. The second-order valence-electron chi connectivity index (χ2n) is 11.9. The fourth-order valence-electron chi connectivity index (χ4n) is 7.88. The van der Waals surface area contributed by atoms with Gasteiger partial charge in [-0.15, -0.1) is 0 Å². The first kappa shape index (κ1) is 23.3. The summed E-state index contributed by atoms with van der Waals surface area (Å²) in [7, 11) is 0. The molecule has 2 nitrogen and oxygen atoms in total. The average molecular weight is 405 g/mol. The largest absolute Gasteiger partial charge is 0.390 e. The summed E-state index contributed by atoms with van der Waals surface area (Å²) in [4.78, 5) is 11.4. The molecule has 1 N–H and O–H groups in total. The lowest BCUT2D eigenvalue weighted by molar-refractivity contribution is -0.128. The van der Waals surface area contributed by atoms with Gasteiger partial charge in [0.1, 0.15) is 5.78 Å². The van der Waals surface area contributed by atoms with Gasteiger partial charge in [-0.25, -0.2) is 0 Å². The quantitative estimate of drug-likeness (QED) is 0.465. The van der Waals surface area contributed by atoms with Crippen LogP contribution < -0.4 is 0 Å². The van der Waals surface area contributed by atoms with Gasteiger partial charge < -0.3 is 9.90 Å². The van der Waals surface area contributed by atoms with Crippen molar-refractivity contribution in [3.8, 4) is 0 Å². The molecule has 0 amide bonds. The van der Waals surface area contributed by atoms with Crippen molar-refractivity contribution in [3.63, 3.8) is 0 Å². The van der Waals surface area contributed by atoms with E-state index in [1.54, 1.807) is 6.92 Å². The number of carbonyl (C=O) groups excluding carboxylic acids is 1. The molecule has 8 atom stereocenters. The zero-order valence-electron chi connectivity index (χ0n) is 20.0. The van der Waals surface area contributed by atoms with Crippen LogP contribution in [0, 0.1) is 40.9 Å². The van der Waals surface area contributed by atoms with Gasteiger partial charge in [-0.1, -0.05) is 40.0 Å². The molecule has 3 rings (SSSR count). The van der Waals surface area contributed by atoms with Crippen molar-refractivity contribution in [1.82, 2.24) is 0 Å². The van der Waals surface area contributed by atoms with Crippen LogP contribution in [0.5, 0.6) is 0 Å². The van der Waals surface area contributed by atoms with Crippen molar-refractivity contribution >= 4 is 5.78 Å². The highest BCUT2D eigenvalue weighted by Gasteiger charge is 2.54. The highest BCUT2D eigenvalue weighted by atomic mass is 16.3. The van der Waals surface area contributed by atoms with Crippen LogP contribution in [0.2, 0.25) is 0 Å². The van der Waals surface area contributed by atoms with Crippen LogP contribution in [-0.4, -0.2) is 16.5 Å². The smallest absolute Gasteiger partial charge is 0.129 e. The minimum absolute atomic E-state index is 0.346. The van der Waals surface area contributed by atoms with Crippen LogP contribution in [0.4, 0.5) is 0 Å². The fourth-order valence-corrected chi connectivity index (χ4v) is 7.88. The molecule has 0 heterocycles. The third-order valence-corrected chi connectivity index (χ3v) is 9.92. The van der Waals surface area contributed by atoms with Crippen molar-refractivity contribution in [2.75, 3.05) is 0 Å². The third kappa shape index (κ3) is 5.28. The van der Waals surface area contributed by atoms with Gasteiger partial charge in [0.05, 0.1) is 5.60 Å². The molecule has 3 aliphatic rings. The van der Waals surface area contributed by atoms with Crippen molar-refractivity contribution in [1.29, 1.82) is 0 Å². The van der Waals surface area contributed by atoms with E-state index in [0.29, 0.717) is 17.1 Å². The summed E-state index contributed by atoms with van der Waals surface area (Å²) in [6, 6.07) is 0. The van der Waals surface area contributed by atoms with E-state index in [9.17, 15) is 9.90 Å². The second kappa shape index (κ2) is 9.41. The monoisotopic (exact) mass is 404 g/mol. The number of fused-ring (bicyclic) bond motifs is 3. The Balaban J connectivity index is 1.60. The first-order valence-electron chi connectivity index (χ1n) is 12.9. The normalized spacial score (nSPS) is 41.9. The molecule has 2 heteroatoms. The van der Waals surface area contributed by atoms with Crippen LogP contribution in [0.1, 0.15) is 118 Å². The summed E-state index contributed by atoms with van der Waals surface area (Å²) < 4.78 is 0. The summed E-state index contributed by atoms with van der Waals surface area (Å²) >= 11 is 0. The SMILES string of the molecule is CC[C@H](CC[C@@H]1CCC[C@H]2[C@H]1CC[C@H]1C[C@@](C)(O)CC[C@@]12C)[C@H](C)CCC(C)=O. The zero-order chi connectivity index (χ0) is 21.2. The topological polar surface area (TPSA) is 37.3 Å². The minimum atomic E-state index is -0.421. The Morgan fingerprint density at radius 2 is 1.86 bits per heavy atom. The molecule has 0 spiro atoms. The maximum atomic E-state index is 11.4. The molecule has 168 valence electrons. The number of ketones is 1. The van der Waals surface area contributed by atoms with Gasteiger partial charge >= 0.3 is 0 Å². The van der Waals surface area contributed by atoms with Crippen molar-refractivity contribution in [3.05, 3.63) is 0 Å². The second-order valence-corrected chi connectivity index (χ2v) is 11.9. The Hall–Kier alpha value is -0.370. The molecule has 0 radical (unpaired) electrons. The summed E-state index contributed by atoms with van der Waals surface area (Å²) in [6.45, 7) is 11.1. The standard InChI is InChI=1S/C27H48O2/c1-6-21(19(2)10-11-20(3)28)12-13-22-8-7-9-25-24(22)15-14-23-18-26(4,29)16-17-27(23,25)5/h19,21-25,29H,6-18H2,1-5H3/t19-,21-,22+,23+,24+,25+,26+,27+/m1/s1. The molecule has 0 aromatic rings. The summed E-state index contributed by atoms with van der Waals surface area (Å²) in [5.74, 6) is 5.29. The molecule has 0 saturated heterocycles. The van der Waals surface area contributed by atoms with E-state index in [-0.39, 0.29) is 0 Å². The van der Waals surface area contributed by atoms with E-state index < -0.39 is 5.60 Å². The van der Waals surface area contributed by atoms with Gasteiger partial charge in [0.25, 0.3) is 0 Å². The molecule has 0 aromatic heterocycles. The lowest BCUT2D eigenvalue weighted by Crippen LogP contribution is -2.53. The van der Waals surface area contributed by atoms with Crippen LogP contribution in [0.25, 0.3) is 0 Å². The van der Waals surface area contributed by atoms with Gasteiger partial charge in [0.15, 0.2) is 0 Å². The molecular weight excluding hydrogens is 356 g/mol. The molecule has 0 unspecified atom stereocenters. The lowest BCUT2D eigenvalue weighted by Gasteiger charge is -2.59. The number of hydrogen-bond acceptors (Lipinski definition) is 2. The van der Waals surface area contributed by atoms with Gasteiger partial charge in [0.2, 0.25) is 0 Å². The van der Waals surface area contributed by atoms with Crippen molar-refractivity contribution in [2.45, 2.75) is 124 Å².